The molecule has 2 aromatic heterocycles. The Morgan fingerprint density at radius 2 is 1.86 bits per heavy atom. The van der Waals surface area contributed by atoms with Crippen LogP contribution in [0.1, 0.15) is 46.4 Å². The smallest absolute Gasteiger partial charge is 0.261 e. The van der Waals surface area contributed by atoms with E-state index in [9.17, 15) is 4.79 Å². The van der Waals surface area contributed by atoms with Crippen molar-refractivity contribution in [3.8, 4) is 0 Å². The molecule has 4 aromatic rings. The zero-order valence-corrected chi connectivity index (χ0v) is 17.6. The van der Waals surface area contributed by atoms with E-state index in [1.54, 1.807) is 0 Å². The molecule has 0 unspecified atom stereocenters. The van der Waals surface area contributed by atoms with E-state index in [-0.39, 0.29) is 5.91 Å². The van der Waals surface area contributed by atoms with Crippen LogP contribution in [0.4, 0.5) is 0 Å². The Morgan fingerprint density at radius 1 is 1.07 bits per heavy atom. The lowest BCUT2D eigenvalue weighted by atomic mass is 10.0. The minimum atomic E-state index is -0.0214. The number of rotatable bonds is 7. The number of benzene rings is 2. The molecular formula is C24H25N3OS. The summed E-state index contributed by atoms with van der Waals surface area (Å²) in [6.07, 6.45) is 0.690. The number of thiophene rings is 1. The number of carbonyl (C=O) groups excluding carboxylic acids is 1. The molecule has 0 spiro atoms. The molecule has 2 heterocycles. The van der Waals surface area contributed by atoms with E-state index in [2.05, 4.69) is 54.1 Å². The minimum absolute atomic E-state index is 0.0214. The Balaban J connectivity index is 1.53. The molecule has 0 bridgehead atoms. The van der Waals surface area contributed by atoms with E-state index in [0.717, 1.165) is 28.3 Å². The van der Waals surface area contributed by atoms with Gasteiger partial charge < -0.3 is 9.88 Å². The van der Waals surface area contributed by atoms with Crippen molar-refractivity contribution in [1.82, 2.24) is 14.9 Å². The van der Waals surface area contributed by atoms with Crippen LogP contribution in [0.5, 0.6) is 0 Å². The number of nitrogens with zero attached hydrogens (tertiary/aromatic N) is 2. The number of hydrogen-bond donors (Lipinski definition) is 1. The minimum Gasteiger partial charge on any atom is -0.351 e. The van der Waals surface area contributed by atoms with E-state index in [1.807, 2.05) is 35.7 Å². The lowest BCUT2D eigenvalue weighted by Gasteiger charge is -2.11. The third-order valence-electron chi connectivity index (χ3n) is 5.10. The normalized spacial score (nSPS) is 11.3. The predicted molar refractivity (Wildman–Crippen MR) is 120 cm³/mol. The number of para-hydroxylation sites is 2. The van der Waals surface area contributed by atoms with Gasteiger partial charge in [-0.2, -0.15) is 0 Å². The van der Waals surface area contributed by atoms with Crippen LogP contribution in [-0.4, -0.2) is 22.0 Å². The maximum absolute atomic E-state index is 12.2. The molecular weight excluding hydrogens is 378 g/mol. The topological polar surface area (TPSA) is 46.9 Å². The van der Waals surface area contributed by atoms with Crippen molar-refractivity contribution in [3.05, 3.63) is 87.9 Å². The number of carbonyl (C=O) groups is 1. The summed E-state index contributed by atoms with van der Waals surface area (Å²) in [5.41, 5.74) is 4.72. The number of hydrogen-bond acceptors (Lipinski definition) is 3. The number of nitrogens with one attached hydrogen (secondary N) is 1. The van der Waals surface area contributed by atoms with Crippen LogP contribution in [0.2, 0.25) is 0 Å². The highest BCUT2D eigenvalue weighted by atomic mass is 32.1. The molecule has 5 heteroatoms. The summed E-state index contributed by atoms with van der Waals surface area (Å²) < 4.78 is 2.26. The molecule has 0 aliphatic rings. The number of imidazole rings is 1. The van der Waals surface area contributed by atoms with Crippen molar-refractivity contribution in [2.24, 2.45) is 0 Å². The van der Waals surface area contributed by atoms with E-state index in [1.165, 1.54) is 22.5 Å². The van der Waals surface area contributed by atoms with E-state index in [0.29, 0.717) is 18.9 Å². The molecule has 0 atom stereocenters. The summed E-state index contributed by atoms with van der Waals surface area (Å²) in [6, 6.07) is 20.8. The molecule has 0 aliphatic heterocycles. The third-order valence-corrected chi connectivity index (χ3v) is 5.97. The van der Waals surface area contributed by atoms with Crippen molar-refractivity contribution in [2.75, 3.05) is 6.54 Å². The Morgan fingerprint density at radius 3 is 2.59 bits per heavy atom. The fraction of sp³-hybridized carbons (Fsp3) is 0.250. The first-order chi connectivity index (χ1) is 14.1. The molecule has 0 saturated heterocycles. The van der Waals surface area contributed by atoms with Crippen LogP contribution in [0.3, 0.4) is 0 Å². The highest BCUT2D eigenvalue weighted by Gasteiger charge is 2.12. The van der Waals surface area contributed by atoms with Gasteiger partial charge in [-0.05, 0) is 40.6 Å². The number of amides is 1. The van der Waals surface area contributed by atoms with Gasteiger partial charge >= 0.3 is 0 Å². The average molecular weight is 404 g/mol. The zero-order chi connectivity index (χ0) is 20.2. The Bertz CT molecular complexity index is 1100. The highest BCUT2D eigenvalue weighted by Crippen LogP contribution is 2.20. The monoisotopic (exact) mass is 403 g/mol. The van der Waals surface area contributed by atoms with Crippen molar-refractivity contribution in [1.29, 1.82) is 0 Å². The first-order valence-electron chi connectivity index (χ1n) is 9.96. The molecule has 4 rings (SSSR count). The second-order valence-electron chi connectivity index (χ2n) is 7.48. The standard InChI is InChI=1S/C24H25N3OS/c1-17(2)19-11-9-18(10-12-19)16-27-21-7-4-3-6-20(21)26-23(27)13-14-25-24(28)22-8-5-15-29-22/h3-12,15,17H,13-14,16H2,1-2H3,(H,25,28). The Kier molecular flexibility index (Phi) is 5.76. The van der Waals surface area contributed by atoms with Gasteiger partial charge in [-0.15, -0.1) is 11.3 Å². The average Bonchev–Trinajstić information content (AvgIpc) is 3.37. The Labute approximate surface area is 175 Å². The quantitative estimate of drug-likeness (QED) is 0.459. The van der Waals surface area contributed by atoms with Gasteiger partial charge in [0.25, 0.3) is 5.91 Å². The molecule has 1 amide bonds. The molecule has 148 valence electrons. The fourth-order valence-electron chi connectivity index (χ4n) is 3.47. The fourth-order valence-corrected chi connectivity index (χ4v) is 4.11. The summed E-state index contributed by atoms with van der Waals surface area (Å²) in [7, 11) is 0. The van der Waals surface area contributed by atoms with Crippen molar-refractivity contribution in [2.45, 2.75) is 32.7 Å². The zero-order valence-electron chi connectivity index (χ0n) is 16.8. The largest absolute Gasteiger partial charge is 0.351 e. The molecule has 1 N–H and O–H groups in total. The second kappa shape index (κ2) is 8.62. The van der Waals surface area contributed by atoms with Crippen LogP contribution in [0.25, 0.3) is 11.0 Å². The summed E-state index contributed by atoms with van der Waals surface area (Å²) in [4.78, 5) is 17.8. The molecule has 0 aliphatic carbocycles. The van der Waals surface area contributed by atoms with Crippen LogP contribution >= 0.6 is 11.3 Å². The van der Waals surface area contributed by atoms with Crippen molar-refractivity contribution < 1.29 is 4.79 Å². The van der Waals surface area contributed by atoms with E-state index < -0.39 is 0 Å². The number of aromatic nitrogens is 2. The molecule has 29 heavy (non-hydrogen) atoms. The van der Waals surface area contributed by atoms with Gasteiger partial charge in [0.05, 0.1) is 15.9 Å². The van der Waals surface area contributed by atoms with Gasteiger partial charge in [0, 0.05) is 19.5 Å². The summed E-state index contributed by atoms with van der Waals surface area (Å²) in [6.45, 7) is 5.75. The lowest BCUT2D eigenvalue weighted by molar-refractivity contribution is 0.0958. The van der Waals surface area contributed by atoms with Crippen LogP contribution in [0, 0.1) is 0 Å². The SMILES string of the molecule is CC(C)c1ccc(Cn2c(CCNC(=O)c3cccs3)nc3ccccc32)cc1. The van der Waals surface area contributed by atoms with Gasteiger partial charge in [0.15, 0.2) is 0 Å². The number of fused-ring (bicyclic) bond motifs is 1. The summed E-state index contributed by atoms with van der Waals surface area (Å²) in [5.74, 6) is 1.50. The maximum atomic E-state index is 12.2. The molecule has 0 fully saturated rings. The third kappa shape index (κ3) is 4.40. The van der Waals surface area contributed by atoms with Gasteiger partial charge in [-0.3, -0.25) is 4.79 Å². The maximum Gasteiger partial charge on any atom is 0.261 e. The first kappa shape index (κ1) is 19.4. The predicted octanol–water partition coefficient (Wildman–Crippen LogP) is 5.24. The van der Waals surface area contributed by atoms with Crippen molar-refractivity contribution >= 4 is 28.3 Å². The summed E-state index contributed by atoms with van der Waals surface area (Å²) >= 11 is 1.46. The van der Waals surface area contributed by atoms with E-state index >= 15 is 0 Å². The second-order valence-corrected chi connectivity index (χ2v) is 8.43. The van der Waals surface area contributed by atoms with E-state index in [4.69, 9.17) is 4.98 Å². The van der Waals surface area contributed by atoms with Gasteiger partial charge in [-0.1, -0.05) is 56.3 Å². The van der Waals surface area contributed by atoms with Crippen LogP contribution in [0.15, 0.2) is 66.0 Å². The molecule has 4 nitrogen and oxygen atoms in total. The Hall–Kier alpha value is -2.92. The van der Waals surface area contributed by atoms with Crippen LogP contribution in [-0.2, 0) is 13.0 Å². The van der Waals surface area contributed by atoms with Crippen molar-refractivity contribution in [3.63, 3.8) is 0 Å². The van der Waals surface area contributed by atoms with Crippen LogP contribution < -0.4 is 5.32 Å². The summed E-state index contributed by atoms with van der Waals surface area (Å²) in [5, 5.41) is 4.92. The van der Waals surface area contributed by atoms with Gasteiger partial charge in [-0.25, -0.2) is 4.98 Å². The molecule has 0 radical (unpaired) electrons. The first-order valence-corrected chi connectivity index (χ1v) is 10.8. The molecule has 2 aromatic carbocycles. The lowest BCUT2D eigenvalue weighted by Crippen LogP contribution is -2.25. The van der Waals surface area contributed by atoms with Gasteiger partial charge in [0.2, 0.25) is 0 Å². The molecule has 0 saturated carbocycles. The van der Waals surface area contributed by atoms with Gasteiger partial charge in [0.1, 0.15) is 5.82 Å². The highest BCUT2D eigenvalue weighted by molar-refractivity contribution is 7.12.